The van der Waals surface area contributed by atoms with Crippen molar-refractivity contribution < 1.29 is 19.4 Å². The molecule has 0 spiro atoms. The molecule has 1 aliphatic heterocycles. The molecule has 3 rings (SSSR count). The van der Waals surface area contributed by atoms with Crippen molar-refractivity contribution in [1.29, 1.82) is 0 Å². The highest BCUT2D eigenvalue weighted by Gasteiger charge is 2.49. The van der Waals surface area contributed by atoms with E-state index in [1.807, 2.05) is 19.2 Å². The molecule has 0 atom stereocenters. The summed E-state index contributed by atoms with van der Waals surface area (Å²) in [6, 6.07) is 3.86. The maximum Gasteiger partial charge on any atom is 0.304 e. The van der Waals surface area contributed by atoms with Gasteiger partial charge in [-0.15, -0.1) is 0 Å². The van der Waals surface area contributed by atoms with E-state index in [9.17, 15) is 9.90 Å². The van der Waals surface area contributed by atoms with E-state index in [-0.39, 0.29) is 17.9 Å². The van der Waals surface area contributed by atoms with Crippen molar-refractivity contribution in [3.8, 4) is 11.5 Å². The van der Waals surface area contributed by atoms with Gasteiger partial charge in [0.2, 0.25) is 0 Å². The number of rotatable bonds is 6. The third-order valence-electron chi connectivity index (χ3n) is 4.47. The quantitative estimate of drug-likeness (QED) is 0.835. The Morgan fingerprint density at radius 2 is 2.14 bits per heavy atom. The summed E-state index contributed by atoms with van der Waals surface area (Å²) in [6.07, 6.45) is 2.02. The summed E-state index contributed by atoms with van der Waals surface area (Å²) in [7, 11) is 3.66. The molecule has 1 aliphatic carbocycles. The van der Waals surface area contributed by atoms with Crippen LogP contribution in [0.15, 0.2) is 16.6 Å². The second kappa shape index (κ2) is 5.74. The Bertz CT molecular complexity index is 594. The average Bonchev–Trinajstić information content (AvgIpc) is 3.17. The van der Waals surface area contributed by atoms with Crippen LogP contribution in [0.25, 0.3) is 0 Å². The van der Waals surface area contributed by atoms with Gasteiger partial charge in [-0.1, -0.05) is 15.9 Å². The zero-order valence-corrected chi connectivity index (χ0v) is 14.4. The molecular formula is C16H20BrNO4. The Morgan fingerprint density at radius 3 is 2.64 bits per heavy atom. The number of halogens is 1. The van der Waals surface area contributed by atoms with E-state index in [1.165, 1.54) is 0 Å². The second-order valence-corrected chi connectivity index (χ2v) is 7.21. The zero-order valence-electron chi connectivity index (χ0n) is 12.8. The number of carbonyl (C=O) groups is 1. The van der Waals surface area contributed by atoms with Crippen LogP contribution in [0.4, 0.5) is 0 Å². The molecular weight excluding hydrogens is 350 g/mol. The summed E-state index contributed by atoms with van der Waals surface area (Å²) in [5.41, 5.74) is 0.643. The van der Waals surface area contributed by atoms with E-state index in [4.69, 9.17) is 9.47 Å². The predicted molar refractivity (Wildman–Crippen MR) is 85.8 cm³/mol. The van der Waals surface area contributed by atoms with Gasteiger partial charge < -0.3 is 14.6 Å². The smallest absolute Gasteiger partial charge is 0.304 e. The van der Waals surface area contributed by atoms with Crippen molar-refractivity contribution in [3.05, 3.63) is 22.2 Å². The van der Waals surface area contributed by atoms with Gasteiger partial charge in [-0.05, 0) is 32.0 Å². The summed E-state index contributed by atoms with van der Waals surface area (Å²) >= 11 is 3.49. The van der Waals surface area contributed by atoms with Gasteiger partial charge in [-0.25, -0.2) is 0 Å². The van der Waals surface area contributed by atoms with Gasteiger partial charge in [0, 0.05) is 28.5 Å². The molecule has 0 unspecified atom stereocenters. The molecule has 1 aromatic rings. The first-order chi connectivity index (χ1) is 10.4. The number of benzene rings is 1. The van der Waals surface area contributed by atoms with Gasteiger partial charge in [-0.3, -0.25) is 9.69 Å². The molecule has 1 saturated carbocycles. The minimum atomic E-state index is -0.772. The van der Waals surface area contributed by atoms with Crippen molar-refractivity contribution >= 4 is 21.9 Å². The van der Waals surface area contributed by atoms with Crippen LogP contribution in [0, 0.1) is 0 Å². The molecule has 0 aromatic heterocycles. The predicted octanol–water partition coefficient (Wildman–Crippen LogP) is 2.66. The van der Waals surface area contributed by atoms with Gasteiger partial charge in [0.25, 0.3) is 0 Å². The minimum Gasteiger partial charge on any atom is -0.493 e. The Labute approximate surface area is 138 Å². The number of nitrogens with zero attached hydrogens (tertiary/aromatic N) is 1. The first kappa shape index (κ1) is 15.6. The van der Waals surface area contributed by atoms with Crippen LogP contribution in [-0.4, -0.2) is 49.3 Å². The van der Waals surface area contributed by atoms with Crippen molar-refractivity contribution in [3.63, 3.8) is 0 Å². The van der Waals surface area contributed by atoms with Gasteiger partial charge in [0.15, 0.2) is 11.5 Å². The lowest BCUT2D eigenvalue weighted by Crippen LogP contribution is -2.51. The lowest BCUT2D eigenvalue weighted by molar-refractivity contribution is -0.137. The van der Waals surface area contributed by atoms with Crippen LogP contribution in [0.3, 0.4) is 0 Å². The molecule has 1 heterocycles. The highest BCUT2D eigenvalue weighted by Crippen LogP contribution is 2.56. The Balaban J connectivity index is 1.96. The number of aliphatic carboxylic acids is 1. The minimum absolute atomic E-state index is 0.132. The van der Waals surface area contributed by atoms with E-state index in [0.717, 1.165) is 36.0 Å². The van der Waals surface area contributed by atoms with E-state index in [0.29, 0.717) is 11.5 Å². The molecule has 22 heavy (non-hydrogen) atoms. The zero-order chi connectivity index (χ0) is 15.9. The van der Waals surface area contributed by atoms with Gasteiger partial charge in [-0.2, -0.15) is 0 Å². The fraction of sp³-hybridized carbons (Fsp3) is 0.562. The number of likely N-dealkylation sites (N-methyl/N-ethyl adjacent to an activating group) is 1. The van der Waals surface area contributed by atoms with Gasteiger partial charge >= 0.3 is 5.97 Å². The fourth-order valence-corrected chi connectivity index (χ4v) is 3.54. The number of carboxylic acids is 1. The fourth-order valence-electron chi connectivity index (χ4n) is 3.10. The van der Waals surface area contributed by atoms with Crippen molar-refractivity contribution in [1.82, 2.24) is 4.90 Å². The van der Waals surface area contributed by atoms with Crippen molar-refractivity contribution in [2.75, 3.05) is 27.2 Å². The highest BCUT2D eigenvalue weighted by molar-refractivity contribution is 9.10. The molecule has 6 heteroatoms. The standard InChI is InChI=1S/C16H20BrNO4/c1-18-8-11(9-18)22-15-12(5-10(17)6-13(15)21-2)16(3-4-16)7-14(19)20/h5-6,11H,3-4,7-9H2,1-2H3,(H,19,20). The van der Waals surface area contributed by atoms with E-state index < -0.39 is 5.97 Å². The van der Waals surface area contributed by atoms with Gasteiger partial charge in [0.1, 0.15) is 6.10 Å². The van der Waals surface area contributed by atoms with Gasteiger partial charge in [0.05, 0.1) is 13.5 Å². The van der Waals surface area contributed by atoms with Crippen LogP contribution in [0.5, 0.6) is 11.5 Å². The Morgan fingerprint density at radius 1 is 1.45 bits per heavy atom. The van der Waals surface area contributed by atoms with Crippen LogP contribution >= 0.6 is 15.9 Å². The molecule has 1 saturated heterocycles. The second-order valence-electron chi connectivity index (χ2n) is 6.30. The molecule has 120 valence electrons. The number of methoxy groups -OCH3 is 1. The molecule has 2 fully saturated rings. The van der Waals surface area contributed by atoms with Crippen LogP contribution in [-0.2, 0) is 10.2 Å². The summed E-state index contributed by atoms with van der Waals surface area (Å²) in [6.45, 7) is 1.76. The van der Waals surface area contributed by atoms with E-state index >= 15 is 0 Å². The lowest BCUT2D eigenvalue weighted by Gasteiger charge is -2.37. The van der Waals surface area contributed by atoms with Crippen LogP contribution in [0.1, 0.15) is 24.8 Å². The average molecular weight is 370 g/mol. The third kappa shape index (κ3) is 2.94. The Hall–Kier alpha value is -1.27. The summed E-state index contributed by atoms with van der Waals surface area (Å²) < 4.78 is 12.5. The molecule has 2 aliphatic rings. The number of likely N-dealkylation sites (tertiary alicyclic amines) is 1. The first-order valence-corrected chi connectivity index (χ1v) is 8.18. The maximum atomic E-state index is 11.2. The van der Waals surface area contributed by atoms with Crippen LogP contribution < -0.4 is 9.47 Å². The van der Waals surface area contributed by atoms with Crippen molar-refractivity contribution in [2.45, 2.75) is 30.8 Å². The maximum absolute atomic E-state index is 11.2. The molecule has 5 nitrogen and oxygen atoms in total. The summed E-state index contributed by atoms with van der Waals surface area (Å²) in [4.78, 5) is 13.4. The largest absolute Gasteiger partial charge is 0.493 e. The molecule has 0 amide bonds. The third-order valence-corrected chi connectivity index (χ3v) is 4.93. The number of hydrogen-bond donors (Lipinski definition) is 1. The topological polar surface area (TPSA) is 59.0 Å². The lowest BCUT2D eigenvalue weighted by atomic mass is 9.91. The Kier molecular flexibility index (Phi) is 4.07. The normalized spacial score (nSPS) is 20.3. The number of ether oxygens (including phenoxy) is 2. The van der Waals surface area contributed by atoms with E-state index in [2.05, 4.69) is 20.8 Å². The van der Waals surface area contributed by atoms with Crippen molar-refractivity contribution in [2.24, 2.45) is 0 Å². The van der Waals surface area contributed by atoms with E-state index in [1.54, 1.807) is 7.11 Å². The first-order valence-electron chi connectivity index (χ1n) is 7.38. The molecule has 0 bridgehead atoms. The number of carboxylic acid groups (broad SMARTS) is 1. The summed E-state index contributed by atoms with van der Waals surface area (Å²) in [5, 5.41) is 9.22. The molecule has 1 N–H and O–H groups in total. The van der Waals surface area contributed by atoms with Crippen LogP contribution in [0.2, 0.25) is 0 Å². The monoisotopic (exact) mass is 369 g/mol. The summed E-state index contributed by atoms with van der Waals surface area (Å²) in [5.74, 6) is 0.601. The molecule has 0 radical (unpaired) electrons. The number of hydrogen-bond acceptors (Lipinski definition) is 4. The SMILES string of the molecule is COc1cc(Br)cc(C2(CC(=O)O)CC2)c1OC1CN(C)C1. The highest BCUT2D eigenvalue weighted by atomic mass is 79.9. The molecule has 1 aromatic carbocycles.